The van der Waals surface area contributed by atoms with Crippen molar-refractivity contribution in [3.05, 3.63) is 82.4 Å². The zero-order chi connectivity index (χ0) is 28.6. The Kier molecular flexibility index (Phi) is 8.65. The van der Waals surface area contributed by atoms with Gasteiger partial charge in [0.1, 0.15) is 11.5 Å². The van der Waals surface area contributed by atoms with Gasteiger partial charge in [-0.1, -0.05) is 43.2 Å². The standard InChI is InChI=1S/C36H48NO2P/c1-24-20-29(21-25(2)34(24)38-7)40(30-22-26(3)35(39-8)27(4)23-30)31-16-19-36(17-12-13-18-36)32(31)33(37(5)6)28-14-10-9-11-15-28/h9-11,14-15,20-23,31-33H,12-13,16-19H2,1-8H3/t31-,32?,33+/m0/s1. The van der Waals surface area contributed by atoms with Gasteiger partial charge >= 0.3 is 0 Å². The minimum absolute atomic E-state index is 0.401. The maximum atomic E-state index is 5.82. The first-order valence-electron chi connectivity index (χ1n) is 15.0. The SMILES string of the molecule is COc1c(C)cc(P(c2cc(C)c(OC)c(C)c2)[C@H]2CCC3(CCCC3)C2[C@@H](c2ccccc2)N(C)C)cc1C. The van der Waals surface area contributed by atoms with Gasteiger partial charge in [-0.3, -0.25) is 0 Å². The fourth-order valence-electron chi connectivity index (χ4n) is 8.47. The molecule has 0 N–H and O–H groups in total. The molecule has 2 aliphatic carbocycles. The average molecular weight is 558 g/mol. The van der Waals surface area contributed by atoms with Crippen molar-refractivity contribution in [2.24, 2.45) is 11.3 Å². The molecule has 1 unspecified atom stereocenters. The summed E-state index contributed by atoms with van der Waals surface area (Å²) in [5.41, 5.74) is 7.44. The van der Waals surface area contributed by atoms with Gasteiger partial charge in [0.05, 0.1) is 14.2 Å². The lowest BCUT2D eigenvalue weighted by atomic mass is 9.71. The summed E-state index contributed by atoms with van der Waals surface area (Å²) in [6.45, 7) is 8.85. The van der Waals surface area contributed by atoms with E-state index in [1.165, 1.54) is 77.0 Å². The van der Waals surface area contributed by atoms with Crippen molar-refractivity contribution >= 4 is 18.5 Å². The van der Waals surface area contributed by atoms with Crippen LogP contribution in [0.4, 0.5) is 0 Å². The molecule has 2 saturated carbocycles. The van der Waals surface area contributed by atoms with Gasteiger partial charge in [-0.2, -0.15) is 0 Å². The number of ether oxygens (including phenoxy) is 2. The van der Waals surface area contributed by atoms with Crippen molar-refractivity contribution in [3.8, 4) is 11.5 Å². The molecule has 3 nitrogen and oxygen atoms in total. The van der Waals surface area contributed by atoms with Crippen molar-refractivity contribution in [2.75, 3.05) is 28.3 Å². The second-order valence-electron chi connectivity index (χ2n) is 12.6. The van der Waals surface area contributed by atoms with Gasteiger partial charge in [-0.15, -0.1) is 0 Å². The lowest BCUT2D eigenvalue weighted by Gasteiger charge is -2.45. The molecule has 0 aromatic heterocycles. The van der Waals surface area contributed by atoms with Gasteiger partial charge < -0.3 is 14.4 Å². The molecule has 3 aromatic carbocycles. The van der Waals surface area contributed by atoms with Crippen LogP contribution in [0.2, 0.25) is 0 Å². The van der Waals surface area contributed by atoms with Crippen LogP contribution in [0.25, 0.3) is 0 Å². The largest absolute Gasteiger partial charge is 0.496 e. The molecule has 5 rings (SSSR count). The van der Waals surface area contributed by atoms with Crippen molar-refractivity contribution in [2.45, 2.75) is 77.9 Å². The molecule has 0 saturated heterocycles. The van der Waals surface area contributed by atoms with E-state index in [0.717, 1.165) is 11.5 Å². The molecule has 4 heteroatoms. The van der Waals surface area contributed by atoms with Crippen LogP contribution in [0, 0.1) is 39.0 Å². The Morgan fingerprint density at radius 3 is 1.65 bits per heavy atom. The molecule has 1 spiro atoms. The molecule has 2 fully saturated rings. The van der Waals surface area contributed by atoms with Crippen LogP contribution in [0.5, 0.6) is 11.5 Å². The lowest BCUT2D eigenvalue weighted by Crippen LogP contribution is -2.41. The zero-order valence-corrected chi connectivity index (χ0v) is 26.8. The Hall–Kier alpha value is -2.35. The number of rotatable bonds is 8. The van der Waals surface area contributed by atoms with Crippen LogP contribution in [0.15, 0.2) is 54.6 Å². The van der Waals surface area contributed by atoms with Crippen LogP contribution in [0.1, 0.15) is 72.4 Å². The predicted octanol–water partition coefficient (Wildman–Crippen LogP) is 8.01. The molecule has 2 aliphatic rings. The molecule has 3 atom stereocenters. The van der Waals surface area contributed by atoms with Crippen LogP contribution in [-0.4, -0.2) is 38.9 Å². The van der Waals surface area contributed by atoms with Gasteiger partial charge in [-0.25, -0.2) is 0 Å². The molecule has 40 heavy (non-hydrogen) atoms. The van der Waals surface area contributed by atoms with Gasteiger partial charge in [0.2, 0.25) is 0 Å². The fraction of sp³-hybridized carbons (Fsp3) is 0.500. The minimum Gasteiger partial charge on any atom is -0.496 e. The molecule has 0 heterocycles. The number of nitrogens with zero attached hydrogens (tertiary/aromatic N) is 1. The van der Waals surface area contributed by atoms with Crippen LogP contribution in [-0.2, 0) is 0 Å². The molecule has 0 radical (unpaired) electrons. The Balaban J connectivity index is 1.74. The first-order valence-corrected chi connectivity index (χ1v) is 16.4. The molecule has 0 bridgehead atoms. The van der Waals surface area contributed by atoms with Crippen molar-refractivity contribution in [1.29, 1.82) is 0 Å². The number of hydrogen-bond donors (Lipinski definition) is 0. The highest BCUT2D eigenvalue weighted by atomic mass is 31.1. The van der Waals surface area contributed by atoms with Crippen LogP contribution >= 0.6 is 7.92 Å². The van der Waals surface area contributed by atoms with E-state index in [9.17, 15) is 0 Å². The number of benzene rings is 3. The second-order valence-corrected chi connectivity index (χ2v) is 15.1. The summed E-state index contributed by atoms with van der Waals surface area (Å²) in [4.78, 5) is 2.53. The Labute approximate surface area is 244 Å². The lowest BCUT2D eigenvalue weighted by molar-refractivity contribution is 0.103. The summed E-state index contributed by atoms with van der Waals surface area (Å²) >= 11 is 0. The predicted molar refractivity (Wildman–Crippen MR) is 171 cm³/mol. The maximum absolute atomic E-state index is 5.82. The van der Waals surface area contributed by atoms with E-state index in [0.29, 0.717) is 23.0 Å². The van der Waals surface area contributed by atoms with E-state index in [-0.39, 0.29) is 0 Å². The van der Waals surface area contributed by atoms with E-state index in [1.54, 1.807) is 14.2 Å². The van der Waals surface area contributed by atoms with E-state index >= 15 is 0 Å². The maximum Gasteiger partial charge on any atom is 0.124 e. The molecule has 0 amide bonds. The third kappa shape index (κ3) is 5.21. The van der Waals surface area contributed by atoms with Crippen molar-refractivity contribution < 1.29 is 9.47 Å². The van der Waals surface area contributed by atoms with Crippen LogP contribution < -0.4 is 20.1 Å². The number of methoxy groups -OCH3 is 2. The summed E-state index contributed by atoms with van der Waals surface area (Å²) in [5, 5.41) is 2.98. The first kappa shape index (κ1) is 29.2. The van der Waals surface area contributed by atoms with Crippen molar-refractivity contribution in [1.82, 2.24) is 4.90 Å². The quantitative estimate of drug-likeness (QED) is 0.262. The molecule has 3 aromatic rings. The Bertz CT molecular complexity index is 1220. The highest BCUT2D eigenvalue weighted by Gasteiger charge is 2.55. The smallest absolute Gasteiger partial charge is 0.124 e. The van der Waals surface area contributed by atoms with E-state index in [2.05, 4.69) is 101 Å². The summed E-state index contributed by atoms with van der Waals surface area (Å²) in [7, 11) is 7.59. The first-order chi connectivity index (χ1) is 19.2. The fourth-order valence-corrected chi connectivity index (χ4v) is 12.1. The average Bonchev–Trinajstić information content (AvgIpc) is 3.53. The number of hydrogen-bond acceptors (Lipinski definition) is 3. The molecular formula is C36H48NO2P. The monoisotopic (exact) mass is 557 g/mol. The van der Waals surface area contributed by atoms with Gasteiger partial charge in [-0.05, 0) is 155 Å². The van der Waals surface area contributed by atoms with Gasteiger partial charge in [0, 0.05) is 6.04 Å². The van der Waals surface area contributed by atoms with E-state index < -0.39 is 7.92 Å². The molecule has 214 valence electrons. The summed E-state index contributed by atoms with van der Waals surface area (Å²) < 4.78 is 11.6. The van der Waals surface area contributed by atoms with Crippen molar-refractivity contribution in [3.63, 3.8) is 0 Å². The third-order valence-electron chi connectivity index (χ3n) is 9.88. The van der Waals surface area contributed by atoms with E-state index in [1.807, 2.05) is 0 Å². The topological polar surface area (TPSA) is 21.7 Å². The molecular weight excluding hydrogens is 509 g/mol. The second kappa shape index (κ2) is 11.9. The minimum atomic E-state index is -0.618. The van der Waals surface area contributed by atoms with Gasteiger partial charge in [0.15, 0.2) is 0 Å². The Morgan fingerprint density at radius 2 is 1.23 bits per heavy atom. The third-order valence-corrected chi connectivity index (χ3v) is 12.8. The summed E-state index contributed by atoms with van der Waals surface area (Å²) in [6.07, 6.45) is 8.13. The highest BCUT2D eigenvalue weighted by molar-refractivity contribution is 7.73. The summed E-state index contributed by atoms with van der Waals surface area (Å²) in [5.74, 6) is 2.64. The van der Waals surface area contributed by atoms with E-state index in [4.69, 9.17) is 9.47 Å². The van der Waals surface area contributed by atoms with Gasteiger partial charge in [0.25, 0.3) is 0 Å². The highest BCUT2D eigenvalue weighted by Crippen LogP contribution is 2.66. The van der Waals surface area contributed by atoms with Crippen LogP contribution in [0.3, 0.4) is 0 Å². The Morgan fingerprint density at radius 1 is 0.750 bits per heavy atom. The number of aryl methyl sites for hydroxylation is 4. The zero-order valence-electron chi connectivity index (χ0n) is 25.9. The summed E-state index contributed by atoms with van der Waals surface area (Å²) in [6, 6.07) is 21.5. The molecule has 0 aliphatic heterocycles. The normalized spacial score (nSPS) is 20.9.